The molecule has 2 aliphatic rings. The Kier molecular flexibility index (Phi) is 6.47. The number of aromatic amines is 1. The minimum Gasteiger partial charge on any atom is -0.358 e. The van der Waals surface area contributed by atoms with Crippen LogP contribution in [0.2, 0.25) is 0 Å². The minimum atomic E-state index is -0.412. The van der Waals surface area contributed by atoms with Crippen molar-refractivity contribution in [2.45, 2.75) is 53.6 Å². The van der Waals surface area contributed by atoms with E-state index in [2.05, 4.69) is 74.1 Å². The summed E-state index contributed by atoms with van der Waals surface area (Å²) in [4.78, 5) is 18.4. The lowest BCUT2D eigenvalue weighted by atomic mass is 9.66. The van der Waals surface area contributed by atoms with Gasteiger partial charge in [0.25, 0.3) is 0 Å². The van der Waals surface area contributed by atoms with Gasteiger partial charge < -0.3 is 4.98 Å². The zero-order valence-corrected chi connectivity index (χ0v) is 21.2. The van der Waals surface area contributed by atoms with Gasteiger partial charge in [0.2, 0.25) is 0 Å². The molecule has 1 aliphatic heterocycles. The van der Waals surface area contributed by atoms with E-state index in [-0.39, 0.29) is 5.92 Å². The molecule has 0 bridgehead atoms. The number of pyridine rings is 1. The quantitative estimate of drug-likeness (QED) is 0.299. The monoisotopic (exact) mass is 469 g/mol. The van der Waals surface area contributed by atoms with Crippen molar-refractivity contribution in [2.75, 3.05) is 0 Å². The zero-order chi connectivity index (χ0) is 24.7. The van der Waals surface area contributed by atoms with Crippen molar-refractivity contribution in [3.8, 4) is 11.1 Å². The number of hydrogen-bond donors (Lipinski definition) is 2. The molecule has 3 atom stereocenters. The molecule has 1 saturated carbocycles. The second-order valence-corrected chi connectivity index (χ2v) is 10.6. The molecule has 1 fully saturated rings. The van der Waals surface area contributed by atoms with E-state index in [0.29, 0.717) is 17.8 Å². The predicted octanol–water partition coefficient (Wildman–Crippen LogP) is 7.55. The van der Waals surface area contributed by atoms with Crippen LogP contribution in [-0.2, 0) is 4.89 Å². The third-order valence-electron chi connectivity index (χ3n) is 7.95. The first kappa shape index (κ1) is 23.7. The Morgan fingerprint density at radius 3 is 2.43 bits per heavy atom. The van der Waals surface area contributed by atoms with Crippen LogP contribution >= 0.6 is 0 Å². The Morgan fingerprint density at radius 1 is 1.03 bits per heavy atom. The Hall–Kier alpha value is -3.02. The van der Waals surface area contributed by atoms with Crippen molar-refractivity contribution in [3.05, 3.63) is 76.9 Å². The second kappa shape index (κ2) is 9.56. The van der Waals surface area contributed by atoms with Crippen LogP contribution in [0, 0.1) is 30.6 Å². The summed E-state index contributed by atoms with van der Waals surface area (Å²) in [5, 5.41) is 10.3. The van der Waals surface area contributed by atoms with E-state index in [1.54, 1.807) is 0 Å². The first-order valence-corrected chi connectivity index (χ1v) is 12.7. The van der Waals surface area contributed by atoms with Gasteiger partial charge in [0.15, 0.2) is 0 Å². The standard InChI is InChI=1S/C30H35N3O2/c1-17-14-18(2)26(19(3)15-17)30(35-34)27-21(5)33-24(28(27)22-10-7-6-8-11-22)16-25-29-23(20(4)32-25)12-9-13-31-29/h6-13,16-19,26,30,33-34H,14-15H2,1-5H3/b25-16-. The Balaban J connectivity index is 1.68. The van der Waals surface area contributed by atoms with Gasteiger partial charge in [-0.25, -0.2) is 4.89 Å². The number of aliphatic imine (C=N–C) groups is 1. The molecule has 0 amide bonds. The molecule has 3 aromatic rings. The Bertz CT molecular complexity index is 1260. The number of aryl methyl sites for hydroxylation is 1. The van der Waals surface area contributed by atoms with E-state index >= 15 is 0 Å². The summed E-state index contributed by atoms with van der Waals surface area (Å²) in [6.07, 6.45) is 5.78. The summed E-state index contributed by atoms with van der Waals surface area (Å²) < 4.78 is 0. The zero-order valence-electron chi connectivity index (χ0n) is 21.2. The van der Waals surface area contributed by atoms with Gasteiger partial charge in [-0.1, -0.05) is 51.1 Å². The fourth-order valence-corrected chi connectivity index (χ4v) is 6.63. The third-order valence-corrected chi connectivity index (χ3v) is 7.95. The highest BCUT2D eigenvalue weighted by Gasteiger charge is 2.41. The molecule has 3 heterocycles. The Morgan fingerprint density at radius 2 is 1.74 bits per heavy atom. The highest BCUT2D eigenvalue weighted by Crippen LogP contribution is 2.49. The lowest BCUT2D eigenvalue weighted by Crippen LogP contribution is -2.34. The number of aromatic nitrogens is 2. The van der Waals surface area contributed by atoms with Gasteiger partial charge in [-0.2, -0.15) is 0 Å². The van der Waals surface area contributed by atoms with E-state index in [4.69, 9.17) is 9.88 Å². The summed E-state index contributed by atoms with van der Waals surface area (Å²) in [5.74, 6) is 1.81. The van der Waals surface area contributed by atoms with Gasteiger partial charge in [-0.15, -0.1) is 0 Å². The van der Waals surface area contributed by atoms with Gasteiger partial charge >= 0.3 is 0 Å². The average Bonchev–Trinajstić information content (AvgIpc) is 3.33. The normalized spacial score (nSPS) is 26.0. The molecule has 0 spiro atoms. The lowest BCUT2D eigenvalue weighted by molar-refractivity contribution is -0.303. The van der Waals surface area contributed by atoms with E-state index in [9.17, 15) is 5.26 Å². The summed E-state index contributed by atoms with van der Waals surface area (Å²) in [7, 11) is 0. The van der Waals surface area contributed by atoms with Crippen LogP contribution in [0.5, 0.6) is 0 Å². The topological polar surface area (TPSA) is 70.5 Å². The molecule has 2 aromatic heterocycles. The number of fused-ring (bicyclic) bond motifs is 1. The highest BCUT2D eigenvalue weighted by molar-refractivity contribution is 6.11. The summed E-state index contributed by atoms with van der Waals surface area (Å²) in [6.45, 7) is 11.0. The third kappa shape index (κ3) is 4.28. The van der Waals surface area contributed by atoms with Crippen molar-refractivity contribution in [1.82, 2.24) is 9.97 Å². The summed E-state index contributed by atoms with van der Waals surface area (Å²) in [6, 6.07) is 14.4. The van der Waals surface area contributed by atoms with Crippen LogP contribution in [0.1, 0.15) is 74.8 Å². The average molecular weight is 470 g/mol. The van der Waals surface area contributed by atoms with E-state index in [1.807, 2.05) is 25.3 Å². The molecule has 1 aliphatic carbocycles. The molecule has 182 valence electrons. The van der Waals surface area contributed by atoms with Crippen LogP contribution < -0.4 is 0 Å². The SMILES string of the molecule is CC1=N/C(=C\c2[nH]c(C)c(C(OO)C3C(C)CC(C)CC3C)c2-c2ccccc2)c2ncccc21. The van der Waals surface area contributed by atoms with Gasteiger partial charge in [0.1, 0.15) is 6.10 Å². The fourth-order valence-electron chi connectivity index (χ4n) is 6.63. The van der Waals surface area contributed by atoms with Gasteiger partial charge in [-0.05, 0) is 74.1 Å². The molecule has 1 aromatic carbocycles. The maximum absolute atomic E-state index is 10.3. The molecule has 3 unspecified atom stereocenters. The first-order valence-electron chi connectivity index (χ1n) is 12.7. The molecule has 0 saturated heterocycles. The van der Waals surface area contributed by atoms with Crippen LogP contribution in [0.25, 0.3) is 22.9 Å². The number of hydrogen-bond acceptors (Lipinski definition) is 4. The predicted molar refractivity (Wildman–Crippen MR) is 142 cm³/mol. The molecule has 5 rings (SSSR count). The van der Waals surface area contributed by atoms with Crippen LogP contribution in [0.3, 0.4) is 0 Å². The van der Waals surface area contributed by atoms with E-state index < -0.39 is 6.10 Å². The van der Waals surface area contributed by atoms with Crippen molar-refractivity contribution < 1.29 is 10.1 Å². The molecular weight excluding hydrogens is 434 g/mol. The molecule has 2 N–H and O–H groups in total. The second-order valence-electron chi connectivity index (χ2n) is 10.6. The molecule has 5 heteroatoms. The molecule has 35 heavy (non-hydrogen) atoms. The number of nitrogens with zero attached hydrogens (tertiary/aromatic N) is 2. The maximum Gasteiger partial charge on any atom is 0.123 e. The highest BCUT2D eigenvalue weighted by atomic mass is 17.1. The number of benzene rings is 1. The maximum atomic E-state index is 10.3. The molecular formula is C30H35N3O2. The van der Waals surface area contributed by atoms with Crippen LogP contribution in [0.4, 0.5) is 0 Å². The number of H-pyrrole nitrogens is 1. The van der Waals surface area contributed by atoms with Gasteiger partial charge in [0.05, 0.1) is 11.4 Å². The number of rotatable bonds is 5. The van der Waals surface area contributed by atoms with E-state index in [1.165, 1.54) is 0 Å². The summed E-state index contributed by atoms with van der Waals surface area (Å²) in [5.41, 5.74) is 8.93. The molecule has 0 radical (unpaired) electrons. The fraction of sp³-hybridized carbons (Fsp3) is 0.400. The van der Waals surface area contributed by atoms with Crippen molar-refractivity contribution in [3.63, 3.8) is 0 Å². The molecule has 5 nitrogen and oxygen atoms in total. The summed E-state index contributed by atoms with van der Waals surface area (Å²) >= 11 is 0. The van der Waals surface area contributed by atoms with Gasteiger partial charge in [0, 0.05) is 40.0 Å². The van der Waals surface area contributed by atoms with Crippen LogP contribution in [-0.4, -0.2) is 20.9 Å². The van der Waals surface area contributed by atoms with Crippen LogP contribution in [0.15, 0.2) is 53.7 Å². The first-order chi connectivity index (χ1) is 16.9. The largest absolute Gasteiger partial charge is 0.358 e. The van der Waals surface area contributed by atoms with Crippen molar-refractivity contribution in [2.24, 2.45) is 28.7 Å². The number of nitrogens with one attached hydrogen (secondary N) is 1. The minimum absolute atomic E-state index is 0.225. The Labute approximate surface area is 207 Å². The van der Waals surface area contributed by atoms with Crippen molar-refractivity contribution >= 4 is 17.5 Å². The lowest BCUT2D eigenvalue weighted by Gasteiger charge is -2.41. The smallest absolute Gasteiger partial charge is 0.123 e. The van der Waals surface area contributed by atoms with E-state index in [0.717, 1.165) is 63.6 Å². The van der Waals surface area contributed by atoms with Crippen molar-refractivity contribution in [1.29, 1.82) is 0 Å². The van der Waals surface area contributed by atoms with Gasteiger partial charge in [-0.3, -0.25) is 15.2 Å².